The lowest BCUT2D eigenvalue weighted by molar-refractivity contribution is -0.116. The van der Waals surface area contributed by atoms with Crippen LogP contribution < -0.4 is 10.6 Å². The fourth-order valence-corrected chi connectivity index (χ4v) is 1.97. The van der Waals surface area contributed by atoms with Gasteiger partial charge in [0.2, 0.25) is 5.91 Å². The summed E-state index contributed by atoms with van der Waals surface area (Å²) in [6, 6.07) is 11.8. The van der Waals surface area contributed by atoms with E-state index in [0.29, 0.717) is 12.8 Å². The number of anilines is 1. The van der Waals surface area contributed by atoms with E-state index in [1.54, 1.807) is 6.26 Å². The molecule has 2 rings (SSSR count). The van der Waals surface area contributed by atoms with Crippen LogP contribution in [0.15, 0.2) is 47.1 Å². The van der Waals surface area contributed by atoms with Crippen LogP contribution >= 0.6 is 0 Å². The maximum Gasteiger partial charge on any atom is 0.224 e. The molecule has 1 aromatic carbocycles. The van der Waals surface area contributed by atoms with Crippen molar-refractivity contribution >= 4 is 11.6 Å². The van der Waals surface area contributed by atoms with Gasteiger partial charge in [-0.25, -0.2) is 0 Å². The Bertz CT molecular complexity index is 549. The van der Waals surface area contributed by atoms with Crippen LogP contribution in [0.25, 0.3) is 0 Å². The van der Waals surface area contributed by atoms with E-state index in [1.165, 1.54) is 0 Å². The first kappa shape index (κ1) is 14.3. The largest absolute Gasteiger partial charge is 0.469 e. The number of carbonyl (C=O) groups is 1. The third kappa shape index (κ3) is 3.96. The predicted octanol–water partition coefficient (Wildman–Crippen LogP) is 3.13. The van der Waals surface area contributed by atoms with Gasteiger partial charge in [0.05, 0.1) is 6.26 Å². The predicted molar refractivity (Wildman–Crippen MR) is 79.6 cm³/mol. The second kappa shape index (κ2) is 6.91. The van der Waals surface area contributed by atoms with Crippen molar-refractivity contribution in [2.24, 2.45) is 0 Å². The minimum absolute atomic E-state index is 0.00402. The van der Waals surface area contributed by atoms with Crippen molar-refractivity contribution in [2.75, 3.05) is 12.4 Å². The van der Waals surface area contributed by atoms with Gasteiger partial charge in [-0.15, -0.1) is 0 Å². The lowest BCUT2D eigenvalue weighted by Gasteiger charge is -2.12. The van der Waals surface area contributed by atoms with Crippen molar-refractivity contribution in [3.05, 3.63) is 54.0 Å². The molecule has 0 saturated carbocycles. The molecule has 4 nitrogen and oxygen atoms in total. The van der Waals surface area contributed by atoms with Gasteiger partial charge in [0.15, 0.2) is 0 Å². The quantitative estimate of drug-likeness (QED) is 0.849. The molecule has 0 spiro atoms. The number of hydrogen-bond donors (Lipinski definition) is 2. The zero-order chi connectivity index (χ0) is 14.4. The normalized spacial score (nSPS) is 12.1. The molecular formula is C16H20N2O2. The maximum atomic E-state index is 11.9. The zero-order valence-electron chi connectivity index (χ0n) is 11.8. The highest BCUT2D eigenvalue weighted by Crippen LogP contribution is 2.17. The number of carbonyl (C=O) groups excluding carboxylic acids is 1. The third-order valence-corrected chi connectivity index (χ3v) is 3.28. The van der Waals surface area contributed by atoms with Crippen LogP contribution in [0.4, 0.5) is 5.69 Å². The molecule has 1 unspecified atom stereocenters. The van der Waals surface area contributed by atoms with Gasteiger partial charge in [0.25, 0.3) is 0 Å². The van der Waals surface area contributed by atoms with Gasteiger partial charge in [0.1, 0.15) is 5.76 Å². The first-order valence-electron chi connectivity index (χ1n) is 6.78. The van der Waals surface area contributed by atoms with Crippen molar-refractivity contribution < 1.29 is 9.21 Å². The SMILES string of the molecule is CNC(C)c1cccc(NC(=O)CCc2ccco2)c1. The van der Waals surface area contributed by atoms with Gasteiger partial charge in [-0.1, -0.05) is 12.1 Å². The molecule has 0 aliphatic heterocycles. The molecule has 2 aromatic rings. The van der Waals surface area contributed by atoms with Crippen molar-refractivity contribution in [1.29, 1.82) is 0 Å². The number of furan rings is 1. The third-order valence-electron chi connectivity index (χ3n) is 3.28. The van der Waals surface area contributed by atoms with Crippen molar-refractivity contribution in [2.45, 2.75) is 25.8 Å². The number of nitrogens with one attached hydrogen (secondary N) is 2. The van der Waals surface area contributed by atoms with Gasteiger partial charge < -0.3 is 15.1 Å². The molecular weight excluding hydrogens is 252 g/mol. The second-order valence-electron chi connectivity index (χ2n) is 4.76. The Labute approximate surface area is 119 Å². The maximum absolute atomic E-state index is 11.9. The summed E-state index contributed by atoms with van der Waals surface area (Å²) >= 11 is 0. The summed E-state index contributed by atoms with van der Waals surface area (Å²) in [4.78, 5) is 11.9. The van der Waals surface area contributed by atoms with Crippen LogP contribution in [0, 0.1) is 0 Å². The molecule has 1 aromatic heterocycles. The minimum atomic E-state index is -0.00402. The minimum Gasteiger partial charge on any atom is -0.469 e. The highest BCUT2D eigenvalue weighted by Gasteiger charge is 2.07. The number of hydrogen-bond acceptors (Lipinski definition) is 3. The average Bonchev–Trinajstić information content (AvgIpc) is 2.98. The van der Waals surface area contributed by atoms with E-state index in [-0.39, 0.29) is 11.9 Å². The van der Waals surface area contributed by atoms with Crippen LogP contribution in [0.1, 0.15) is 30.7 Å². The Balaban J connectivity index is 1.90. The molecule has 106 valence electrons. The summed E-state index contributed by atoms with van der Waals surface area (Å²) in [6.07, 6.45) is 2.65. The van der Waals surface area contributed by atoms with Gasteiger partial charge in [0, 0.05) is 24.6 Å². The molecule has 0 bridgehead atoms. The smallest absolute Gasteiger partial charge is 0.224 e. The Kier molecular flexibility index (Phi) is 4.96. The Morgan fingerprint density at radius 1 is 1.30 bits per heavy atom. The highest BCUT2D eigenvalue weighted by atomic mass is 16.3. The highest BCUT2D eigenvalue weighted by molar-refractivity contribution is 5.90. The first-order chi connectivity index (χ1) is 9.69. The Hall–Kier alpha value is -2.07. The first-order valence-corrected chi connectivity index (χ1v) is 6.78. The summed E-state index contributed by atoms with van der Waals surface area (Å²) in [5.74, 6) is 0.827. The van der Waals surface area contributed by atoms with E-state index in [0.717, 1.165) is 17.0 Å². The Morgan fingerprint density at radius 3 is 2.85 bits per heavy atom. The standard InChI is InChI=1S/C16H20N2O2/c1-12(17-2)13-5-3-6-14(11-13)18-16(19)9-8-15-7-4-10-20-15/h3-7,10-12,17H,8-9H2,1-2H3,(H,18,19). The van der Waals surface area contributed by atoms with Gasteiger partial charge >= 0.3 is 0 Å². The number of benzene rings is 1. The fraction of sp³-hybridized carbons (Fsp3) is 0.312. The molecule has 4 heteroatoms. The molecule has 0 fully saturated rings. The molecule has 0 saturated heterocycles. The summed E-state index contributed by atoms with van der Waals surface area (Å²) in [6.45, 7) is 2.08. The van der Waals surface area contributed by atoms with Crippen LogP contribution in [0.5, 0.6) is 0 Å². The number of aryl methyl sites for hydroxylation is 1. The number of rotatable bonds is 6. The van der Waals surface area contributed by atoms with Crippen LogP contribution in [0.2, 0.25) is 0 Å². The van der Waals surface area contributed by atoms with E-state index >= 15 is 0 Å². The molecule has 1 amide bonds. The molecule has 0 aliphatic rings. The molecule has 0 aliphatic carbocycles. The molecule has 1 atom stereocenters. The Morgan fingerprint density at radius 2 is 2.15 bits per heavy atom. The molecule has 2 N–H and O–H groups in total. The van der Waals surface area contributed by atoms with Gasteiger partial charge in [-0.05, 0) is 43.8 Å². The van der Waals surface area contributed by atoms with E-state index < -0.39 is 0 Å². The van der Waals surface area contributed by atoms with Crippen molar-refractivity contribution in [1.82, 2.24) is 5.32 Å². The van der Waals surface area contributed by atoms with Crippen molar-refractivity contribution in [3.63, 3.8) is 0 Å². The zero-order valence-corrected chi connectivity index (χ0v) is 11.8. The summed E-state index contributed by atoms with van der Waals surface area (Å²) < 4.78 is 5.21. The second-order valence-corrected chi connectivity index (χ2v) is 4.76. The lowest BCUT2D eigenvalue weighted by atomic mass is 10.1. The molecule has 0 radical (unpaired) electrons. The van der Waals surface area contributed by atoms with Crippen LogP contribution in [0.3, 0.4) is 0 Å². The number of amides is 1. The van der Waals surface area contributed by atoms with Crippen LogP contribution in [-0.4, -0.2) is 13.0 Å². The average molecular weight is 272 g/mol. The molecule has 1 heterocycles. The van der Waals surface area contributed by atoms with Gasteiger partial charge in [-0.2, -0.15) is 0 Å². The van der Waals surface area contributed by atoms with E-state index in [1.807, 2.05) is 43.4 Å². The summed E-state index contributed by atoms with van der Waals surface area (Å²) in [5.41, 5.74) is 1.98. The monoisotopic (exact) mass is 272 g/mol. The van der Waals surface area contributed by atoms with E-state index in [4.69, 9.17) is 4.42 Å². The molecule has 20 heavy (non-hydrogen) atoms. The summed E-state index contributed by atoms with van der Waals surface area (Å²) in [7, 11) is 1.92. The topological polar surface area (TPSA) is 54.3 Å². The lowest BCUT2D eigenvalue weighted by Crippen LogP contribution is -2.14. The van der Waals surface area contributed by atoms with E-state index in [2.05, 4.69) is 17.6 Å². The summed E-state index contributed by atoms with van der Waals surface area (Å²) in [5, 5.41) is 6.10. The van der Waals surface area contributed by atoms with Gasteiger partial charge in [-0.3, -0.25) is 4.79 Å². The fourth-order valence-electron chi connectivity index (χ4n) is 1.97. The van der Waals surface area contributed by atoms with Crippen LogP contribution in [-0.2, 0) is 11.2 Å². The van der Waals surface area contributed by atoms with Crippen molar-refractivity contribution in [3.8, 4) is 0 Å². The van der Waals surface area contributed by atoms with E-state index in [9.17, 15) is 4.79 Å².